The van der Waals surface area contributed by atoms with Crippen LogP contribution in [0, 0.1) is 0 Å². The molecule has 1 aromatic heterocycles. The van der Waals surface area contributed by atoms with Crippen LogP contribution < -0.4 is 10.5 Å². The molecule has 0 radical (unpaired) electrons. The molecule has 2 rings (SSSR count). The van der Waals surface area contributed by atoms with Gasteiger partial charge >= 0.3 is 0 Å². The number of allylic oxidation sites excluding steroid dienone is 1. The first-order valence-corrected chi connectivity index (χ1v) is 8.29. The van der Waals surface area contributed by atoms with E-state index in [-0.39, 0.29) is 11.6 Å². The van der Waals surface area contributed by atoms with E-state index in [0.717, 1.165) is 11.3 Å². The monoisotopic (exact) mass is 372 g/mol. The number of carbonyl (C=O) groups is 1. The third kappa shape index (κ3) is 5.32. The van der Waals surface area contributed by atoms with Gasteiger partial charge in [0.1, 0.15) is 16.6 Å². The Morgan fingerprint density at radius 1 is 1.31 bits per heavy atom. The second kappa shape index (κ2) is 9.01. The van der Waals surface area contributed by atoms with E-state index >= 15 is 0 Å². The molecule has 1 aromatic carbocycles. The third-order valence-electron chi connectivity index (χ3n) is 3.70. The second-order valence-corrected chi connectivity index (χ2v) is 6.09. The molecular formula is C19H21ClN4O2. The zero-order chi connectivity index (χ0) is 19.1. The van der Waals surface area contributed by atoms with Crippen molar-refractivity contribution in [1.29, 1.82) is 0 Å². The van der Waals surface area contributed by atoms with Crippen molar-refractivity contribution < 1.29 is 9.53 Å². The molecule has 6 nitrogen and oxygen atoms in total. The smallest absolute Gasteiger partial charge is 0.270 e. The fraction of sp³-hybridized carbons (Fsp3) is 0.211. The van der Waals surface area contributed by atoms with Crippen molar-refractivity contribution in [1.82, 2.24) is 9.88 Å². The molecule has 0 aliphatic carbocycles. The standard InChI is InChI=1S/C19H21ClN4O2/c1-13(10-22-15-6-9-17(20)23-11-15)18(21)19(25)24(2)12-14-4-7-16(26-3)8-5-14/h4-11H,12,21H2,1-3H3/b18-13-,22-10?. The first-order valence-electron chi connectivity index (χ1n) is 7.91. The number of amides is 1. The molecule has 0 saturated carbocycles. The summed E-state index contributed by atoms with van der Waals surface area (Å²) in [5.41, 5.74) is 8.32. The number of carbonyl (C=O) groups excluding carboxylic acids is 1. The highest BCUT2D eigenvalue weighted by Gasteiger charge is 2.14. The summed E-state index contributed by atoms with van der Waals surface area (Å²) in [5, 5.41) is 0.395. The molecular weight excluding hydrogens is 352 g/mol. The van der Waals surface area contributed by atoms with Gasteiger partial charge < -0.3 is 15.4 Å². The number of likely N-dealkylation sites (N-methyl/N-ethyl adjacent to an activating group) is 1. The summed E-state index contributed by atoms with van der Waals surface area (Å²) >= 11 is 5.74. The van der Waals surface area contributed by atoms with Gasteiger partial charge in [-0.1, -0.05) is 23.7 Å². The summed E-state index contributed by atoms with van der Waals surface area (Å²) in [7, 11) is 3.31. The normalized spacial score (nSPS) is 12.0. The minimum atomic E-state index is -0.265. The van der Waals surface area contributed by atoms with E-state index in [1.165, 1.54) is 0 Å². The van der Waals surface area contributed by atoms with Gasteiger partial charge in [-0.05, 0) is 42.3 Å². The molecule has 136 valence electrons. The van der Waals surface area contributed by atoms with Crippen LogP contribution in [0.15, 0.2) is 58.9 Å². The SMILES string of the molecule is COc1ccc(CN(C)C(=O)/C(N)=C(\C)C=Nc2ccc(Cl)nc2)cc1. The molecule has 0 aliphatic rings. The molecule has 0 bridgehead atoms. The number of pyridine rings is 1. The lowest BCUT2D eigenvalue weighted by Crippen LogP contribution is -2.31. The molecule has 1 heterocycles. The van der Waals surface area contributed by atoms with Gasteiger partial charge in [0.15, 0.2) is 0 Å². The van der Waals surface area contributed by atoms with Gasteiger partial charge in [-0.25, -0.2) is 4.98 Å². The molecule has 26 heavy (non-hydrogen) atoms. The van der Waals surface area contributed by atoms with Crippen molar-refractivity contribution in [2.75, 3.05) is 14.2 Å². The Labute approximate surface area is 158 Å². The number of hydrogen-bond acceptors (Lipinski definition) is 5. The second-order valence-electron chi connectivity index (χ2n) is 5.70. The van der Waals surface area contributed by atoms with Gasteiger partial charge in [0.2, 0.25) is 0 Å². The highest BCUT2D eigenvalue weighted by molar-refractivity contribution is 6.29. The topological polar surface area (TPSA) is 80.8 Å². The maximum atomic E-state index is 12.5. The quantitative estimate of drug-likeness (QED) is 0.479. The molecule has 0 spiro atoms. The average molecular weight is 373 g/mol. The molecule has 2 N–H and O–H groups in total. The predicted octanol–water partition coefficient (Wildman–Crippen LogP) is 3.34. The van der Waals surface area contributed by atoms with Crippen LogP contribution in [-0.4, -0.2) is 36.2 Å². The van der Waals surface area contributed by atoms with Crippen molar-refractivity contribution >= 4 is 29.4 Å². The van der Waals surface area contributed by atoms with Gasteiger partial charge in [0.05, 0.1) is 19.0 Å². The number of benzene rings is 1. The molecule has 0 saturated heterocycles. The van der Waals surface area contributed by atoms with Gasteiger partial charge in [-0.15, -0.1) is 0 Å². The Morgan fingerprint density at radius 2 is 2.00 bits per heavy atom. The zero-order valence-electron chi connectivity index (χ0n) is 14.9. The van der Waals surface area contributed by atoms with Crippen LogP contribution in [0.25, 0.3) is 0 Å². The molecule has 2 aromatic rings. The summed E-state index contributed by atoms with van der Waals surface area (Å²) in [4.78, 5) is 22.2. The molecule has 0 unspecified atom stereocenters. The minimum Gasteiger partial charge on any atom is -0.497 e. The van der Waals surface area contributed by atoms with E-state index in [1.807, 2.05) is 24.3 Å². The fourth-order valence-corrected chi connectivity index (χ4v) is 2.25. The van der Waals surface area contributed by atoms with Crippen molar-refractivity contribution in [2.45, 2.75) is 13.5 Å². The van der Waals surface area contributed by atoms with Gasteiger partial charge in [-0.3, -0.25) is 9.79 Å². The van der Waals surface area contributed by atoms with Crippen LogP contribution in [0.4, 0.5) is 5.69 Å². The fourth-order valence-electron chi connectivity index (χ4n) is 2.14. The third-order valence-corrected chi connectivity index (χ3v) is 3.92. The lowest BCUT2D eigenvalue weighted by atomic mass is 10.2. The summed E-state index contributed by atoms with van der Waals surface area (Å²) < 4.78 is 5.13. The summed E-state index contributed by atoms with van der Waals surface area (Å²) in [6, 6.07) is 10.9. The van der Waals surface area contributed by atoms with Gasteiger partial charge in [0.25, 0.3) is 5.91 Å². The highest BCUT2D eigenvalue weighted by atomic mass is 35.5. The van der Waals surface area contributed by atoms with Crippen LogP contribution in [0.1, 0.15) is 12.5 Å². The van der Waals surface area contributed by atoms with Crippen LogP contribution in [-0.2, 0) is 11.3 Å². The molecule has 0 fully saturated rings. The van der Waals surface area contributed by atoms with Crippen molar-refractivity contribution in [2.24, 2.45) is 10.7 Å². The van der Waals surface area contributed by atoms with E-state index in [2.05, 4.69) is 9.98 Å². The summed E-state index contributed by atoms with van der Waals surface area (Å²) in [6.45, 7) is 2.18. The number of ether oxygens (including phenoxy) is 1. The Kier molecular flexibility index (Phi) is 6.74. The number of methoxy groups -OCH3 is 1. The lowest BCUT2D eigenvalue weighted by Gasteiger charge is -2.18. The van der Waals surface area contributed by atoms with E-state index in [4.69, 9.17) is 22.1 Å². The number of rotatable bonds is 6. The maximum absolute atomic E-state index is 12.5. The Morgan fingerprint density at radius 3 is 2.58 bits per heavy atom. The number of nitrogens with two attached hydrogens (primary N) is 1. The van der Waals surface area contributed by atoms with Gasteiger partial charge in [-0.2, -0.15) is 0 Å². The average Bonchev–Trinajstić information content (AvgIpc) is 2.66. The van der Waals surface area contributed by atoms with Crippen LogP contribution >= 0.6 is 11.6 Å². The lowest BCUT2D eigenvalue weighted by molar-refractivity contribution is -0.126. The summed E-state index contributed by atoms with van der Waals surface area (Å²) in [5.74, 6) is 0.505. The van der Waals surface area contributed by atoms with Crippen LogP contribution in [0.5, 0.6) is 5.75 Å². The Hall–Kier alpha value is -2.86. The van der Waals surface area contributed by atoms with E-state index in [0.29, 0.717) is 23.0 Å². The highest BCUT2D eigenvalue weighted by Crippen LogP contribution is 2.15. The Bertz CT molecular complexity index is 814. The van der Waals surface area contributed by atoms with E-state index < -0.39 is 0 Å². The van der Waals surface area contributed by atoms with Crippen molar-refractivity contribution in [3.8, 4) is 5.75 Å². The molecule has 7 heteroatoms. The summed E-state index contributed by atoms with van der Waals surface area (Å²) in [6.07, 6.45) is 3.08. The predicted molar refractivity (Wildman–Crippen MR) is 104 cm³/mol. The minimum absolute atomic E-state index is 0.145. The molecule has 1 amide bonds. The van der Waals surface area contributed by atoms with Gasteiger partial charge in [0, 0.05) is 19.8 Å². The number of aliphatic imine (C=N–C) groups is 1. The first kappa shape index (κ1) is 19.5. The Balaban J connectivity index is 2.05. The molecule has 0 atom stereocenters. The zero-order valence-corrected chi connectivity index (χ0v) is 15.7. The number of nitrogens with zero attached hydrogens (tertiary/aromatic N) is 3. The first-order chi connectivity index (χ1) is 12.4. The van der Waals surface area contributed by atoms with E-state index in [9.17, 15) is 4.79 Å². The largest absolute Gasteiger partial charge is 0.497 e. The number of hydrogen-bond donors (Lipinski definition) is 1. The maximum Gasteiger partial charge on any atom is 0.270 e. The number of halogens is 1. The molecule has 0 aliphatic heterocycles. The number of aromatic nitrogens is 1. The van der Waals surface area contributed by atoms with Crippen LogP contribution in [0.2, 0.25) is 5.15 Å². The van der Waals surface area contributed by atoms with Crippen molar-refractivity contribution in [3.05, 3.63) is 64.6 Å². The van der Waals surface area contributed by atoms with Crippen LogP contribution in [0.3, 0.4) is 0 Å². The van der Waals surface area contributed by atoms with Crippen molar-refractivity contribution in [3.63, 3.8) is 0 Å². The van der Waals surface area contributed by atoms with E-state index in [1.54, 1.807) is 50.5 Å².